The summed E-state index contributed by atoms with van der Waals surface area (Å²) in [6.45, 7) is 6.20. The van der Waals surface area contributed by atoms with Gasteiger partial charge in [-0.2, -0.15) is 0 Å². The van der Waals surface area contributed by atoms with Gasteiger partial charge in [0.05, 0.1) is 13.2 Å². The van der Waals surface area contributed by atoms with Crippen molar-refractivity contribution in [1.29, 1.82) is 0 Å². The highest BCUT2D eigenvalue weighted by Gasteiger charge is 2.46. The molecular weight excluding hydrogens is 346 g/mol. The maximum atomic E-state index is 12.5. The second-order valence-electron chi connectivity index (χ2n) is 6.50. The van der Waals surface area contributed by atoms with Crippen LogP contribution in [0, 0.1) is 11.8 Å². The third-order valence-electron chi connectivity index (χ3n) is 4.78. The van der Waals surface area contributed by atoms with E-state index in [9.17, 15) is 14.4 Å². The number of urea groups is 1. The molecule has 7 heteroatoms. The van der Waals surface area contributed by atoms with Crippen LogP contribution in [0.3, 0.4) is 0 Å². The van der Waals surface area contributed by atoms with Crippen molar-refractivity contribution in [1.82, 2.24) is 15.5 Å². The summed E-state index contributed by atoms with van der Waals surface area (Å²) in [5.74, 6) is 5.67. The molecular formula is C20H25N3O4. The molecule has 3 amide bonds. The van der Waals surface area contributed by atoms with Gasteiger partial charge in [0, 0.05) is 12.1 Å². The first-order chi connectivity index (χ1) is 12.9. The lowest BCUT2D eigenvalue weighted by molar-refractivity contribution is -0.147. The van der Waals surface area contributed by atoms with Gasteiger partial charge in [-0.15, -0.1) is 0 Å². The van der Waals surface area contributed by atoms with Crippen molar-refractivity contribution in [2.75, 3.05) is 26.7 Å². The van der Waals surface area contributed by atoms with Gasteiger partial charge >= 0.3 is 12.0 Å². The number of imide groups is 1. The molecule has 0 spiro atoms. The number of methoxy groups -OCH3 is 1. The fourth-order valence-corrected chi connectivity index (χ4v) is 3.27. The summed E-state index contributed by atoms with van der Waals surface area (Å²) in [5.41, 5.74) is 1.05. The highest BCUT2D eigenvalue weighted by molar-refractivity contribution is 5.85. The number of hydrogen-bond donors (Lipinski definition) is 2. The summed E-state index contributed by atoms with van der Waals surface area (Å²) in [5, 5.41) is 4.52. The predicted molar refractivity (Wildman–Crippen MR) is 101 cm³/mol. The standard InChI is InChI=1S/C20H25N3O4/c1-4-23-12-11-20(13-23,18(25)27-3)17-9-7-16(8-10-17)6-5-15(2)22-19(26)21-14-24/h7-10,14-15H,4,11-13H2,1-3H3,(H2,21,22,24,26). The molecule has 1 fully saturated rings. The van der Waals surface area contributed by atoms with Crippen LogP contribution in [0.25, 0.3) is 0 Å². The molecule has 7 nitrogen and oxygen atoms in total. The van der Waals surface area contributed by atoms with Crippen molar-refractivity contribution >= 4 is 18.4 Å². The van der Waals surface area contributed by atoms with Gasteiger partial charge in [0.15, 0.2) is 0 Å². The van der Waals surface area contributed by atoms with E-state index in [1.54, 1.807) is 6.92 Å². The summed E-state index contributed by atoms with van der Waals surface area (Å²) in [6.07, 6.45) is 1.04. The number of carbonyl (C=O) groups is 3. The van der Waals surface area contributed by atoms with E-state index in [0.717, 1.165) is 30.6 Å². The second kappa shape index (κ2) is 9.19. The lowest BCUT2D eigenvalue weighted by atomic mass is 9.79. The predicted octanol–water partition coefficient (Wildman–Crippen LogP) is 1.02. The number of likely N-dealkylation sites (N-methyl/N-ethyl adjacent to an activating group) is 1. The monoisotopic (exact) mass is 371 g/mol. The number of likely N-dealkylation sites (tertiary alicyclic amines) is 1. The van der Waals surface area contributed by atoms with E-state index < -0.39 is 17.5 Å². The van der Waals surface area contributed by atoms with E-state index in [1.807, 2.05) is 29.6 Å². The summed E-state index contributed by atoms with van der Waals surface area (Å²) in [6, 6.07) is 6.54. The molecule has 0 aliphatic carbocycles. The molecule has 27 heavy (non-hydrogen) atoms. The number of rotatable bonds is 5. The van der Waals surface area contributed by atoms with Gasteiger partial charge in [-0.3, -0.25) is 14.9 Å². The van der Waals surface area contributed by atoms with Crippen molar-refractivity contribution in [3.8, 4) is 11.8 Å². The molecule has 2 rings (SSSR count). The topological polar surface area (TPSA) is 87.7 Å². The molecule has 2 N–H and O–H groups in total. The van der Waals surface area contributed by atoms with E-state index >= 15 is 0 Å². The molecule has 1 saturated heterocycles. The molecule has 1 aliphatic rings. The fourth-order valence-electron chi connectivity index (χ4n) is 3.27. The van der Waals surface area contributed by atoms with Crippen LogP contribution >= 0.6 is 0 Å². The fraction of sp³-hybridized carbons (Fsp3) is 0.450. The number of nitrogens with one attached hydrogen (secondary N) is 2. The Morgan fingerprint density at radius 1 is 1.37 bits per heavy atom. The van der Waals surface area contributed by atoms with Crippen LogP contribution in [-0.4, -0.2) is 56.1 Å². The maximum absolute atomic E-state index is 12.5. The normalized spacial score (nSPS) is 20.1. The zero-order valence-corrected chi connectivity index (χ0v) is 15.9. The molecule has 0 radical (unpaired) electrons. The third kappa shape index (κ3) is 4.86. The SMILES string of the molecule is CCN1CCC(C(=O)OC)(c2ccc(C#CC(C)NC(=O)NC=O)cc2)C1. The summed E-state index contributed by atoms with van der Waals surface area (Å²) < 4.78 is 5.09. The number of hydrogen-bond acceptors (Lipinski definition) is 5. The maximum Gasteiger partial charge on any atom is 0.322 e. The number of carbonyl (C=O) groups excluding carboxylic acids is 3. The first kappa shape index (κ1) is 20.5. The Hall–Kier alpha value is -2.85. The Kier molecular flexibility index (Phi) is 6.97. The van der Waals surface area contributed by atoms with Gasteiger partial charge in [-0.25, -0.2) is 4.79 Å². The van der Waals surface area contributed by atoms with Crippen LogP contribution < -0.4 is 10.6 Å². The minimum atomic E-state index is -0.640. The number of nitrogens with zero attached hydrogens (tertiary/aromatic N) is 1. The Labute approximate surface area is 159 Å². The molecule has 2 atom stereocenters. The molecule has 1 aliphatic heterocycles. The highest BCUT2D eigenvalue weighted by Crippen LogP contribution is 2.35. The zero-order valence-electron chi connectivity index (χ0n) is 15.9. The summed E-state index contributed by atoms with van der Waals surface area (Å²) in [4.78, 5) is 36.2. The smallest absolute Gasteiger partial charge is 0.322 e. The van der Waals surface area contributed by atoms with E-state index in [4.69, 9.17) is 4.74 Å². The quantitative estimate of drug-likeness (QED) is 0.458. The number of esters is 1. The van der Waals surface area contributed by atoms with E-state index in [1.165, 1.54) is 7.11 Å². The van der Waals surface area contributed by atoms with Gasteiger partial charge in [0.1, 0.15) is 5.41 Å². The largest absolute Gasteiger partial charge is 0.468 e. The average molecular weight is 371 g/mol. The van der Waals surface area contributed by atoms with Crippen LogP contribution in [0.4, 0.5) is 4.79 Å². The van der Waals surface area contributed by atoms with Gasteiger partial charge < -0.3 is 15.0 Å². The van der Waals surface area contributed by atoms with Crippen LogP contribution in [-0.2, 0) is 19.7 Å². The summed E-state index contributed by atoms with van der Waals surface area (Å²) in [7, 11) is 1.42. The Morgan fingerprint density at radius 3 is 2.63 bits per heavy atom. The molecule has 0 saturated carbocycles. The molecule has 144 valence electrons. The Morgan fingerprint density at radius 2 is 2.07 bits per heavy atom. The molecule has 2 unspecified atom stereocenters. The van der Waals surface area contributed by atoms with Gasteiger partial charge in [0.2, 0.25) is 6.41 Å². The average Bonchev–Trinajstić information content (AvgIpc) is 3.12. The summed E-state index contributed by atoms with van der Waals surface area (Å²) >= 11 is 0. The third-order valence-corrected chi connectivity index (χ3v) is 4.78. The lowest BCUT2D eigenvalue weighted by Crippen LogP contribution is -2.40. The van der Waals surface area contributed by atoms with Crippen LogP contribution in [0.5, 0.6) is 0 Å². The molecule has 0 aromatic heterocycles. The minimum absolute atomic E-state index is 0.212. The van der Waals surface area contributed by atoms with Crippen molar-refractivity contribution in [2.24, 2.45) is 0 Å². The number of amides is 3. The van der Waals surface area contributed by atoms with Gasteiger partial charge in [-0.1, -0.05) is 30.9 Å². The van der Waals surface area contributed by atoms with E-state index in [2.05, 4.69) is 29.0 Å². The Bertz CT molecular complexity index is 751. The first-order valence-electron chi connectivity index (χ1n) is 8.88. The van der Waals surface area contributed by atoms with Crippen molar-refractivity contribution in [3.63, 3.8) is 0 Å². The lowest BCUT2D eigenvalue weighted by Gasteiger charge is -2.27. The van der Waals surface area contributed by atoms with Crippen LogP contribution in [0.15, 0.2) is 24.3 Å². The zero-order chi connectivity index (χ0) is 19.9. The number of benzene rings is 1. The Balaban J connectivity index is 2.14. The highest BCUT2D eigenvalue weighted by atomic mass is 16.5. The molecule has 0 bridgehead atoms. The van der Waals surface area contributed by atoms with Crippen molar-refractivity contribution in [3.05, 3.63) is 35.4 Å². The number of ether oxygens (including phenoxy) is 1. The molecule has 1 heterocycles. The van der Waals surface area contributed by atoms with Crippen molar-refractivity contribution < 1.29 is 19.1 Å². The van der Waals surface area contributed by atoms with Gasteiger partial charge in [-0.05, 0) is 44.1 Å². The second-order valence-corrected chi connectivity index (χ2v) is 6.50. The molecule has 1 aromatic carbocycles. The van der Waals surface area contributed by atoms with Crippen molar-refractivity contribution in [2.45, 2.75) is 31.7 Å². The van der Waals surface area contributed by atoms with Crippen LogP contribution in [0.2, 0.25) is 0 Å². The van der Waals surface area contributed by atoms with E-state index in [-0.39, 0.29) is 5.97 Å². The van der Waals surface area contributed by atoms with E-state index in [0.29, 0.717) is 13.0 Å². The van der Waals surface area contributed by atoms with Crippen LogP contribution in [0.1, 0.15) is 31.4 Å². The molecule has 1 aromatic rings. The van der Waals surface area contributed by atoms with Gasteiger partial charge in [0.25, 0.3) is 0 Å². The minimum Gasteiger partial charge on any atom is -0.468 e. The first-order valence-corrected chi connectivity index (χ1v) is 8.88.